The second kappa shape index (κ2) is 4.19. The maximum Gasteiger partial charge on any atom is 0.176 e. The third kappa shape index (κ3) is 2.02. The zero-order chi connectivity index (χ0) is 10.7. The van der Waals surface area contributed by atoms with Crippen molar-refractivity contribution in [1.82, 2.24) is 10.3 Å². The molecule has 0 bridgehead atoms. The minimum atomic E-state index is 0.0880. The van der Waals surface area contributed by atoms with Crippen LogP contribution in [-0.4, -0.2) is 24.4 Å². The SMILES string of the molecule is CNCC(=O)c1ccc2cccnc2c1. The molecule has 0 amide bonds. The molecular weight excluding hydrogens is 188 g/mol. The number of rotatable bonds is 3. The second-order valence-corrected chi connectivity index (χ2v) is 3.36. The van der Waals surface area contributed by atoms with Gasteiger partial charge in [-0.2, -0.15) is 0 Å². The van der Waals surface area contributed by atoms with Crippen molar-refractivity contribution < 1.29 is 4.79 Å². The summed E-state index contributed by atoms with van der Waals surface area (Å²) < 4.78 is 0. The van der Waals surface area contributed by atoms with Gasteiger partial charge in [0.15, 0.2) is 5.78 Å². The van der Waals surface area contributed by atoms with Gasteiger partial charge in [0, 0.05) is 17.1 Å². The van der Waals surface area contributed by atoms with E-state index < -0.39 is 0 Å². The average molecular weight is 200 g/mol. The van der Waals surface area contributed by atoms with Gasteiger partial charge in [0.1, 0.15) is 0 Å². The molecule has 0 aliphatic carbocycles. The predicted molar refractivity (Wildman–Crippen MR) is 60.0 cm³/mol. The van der Waals surface area contributed by atoms with Crippen LogP contribution in [0.25, 0.3) is 10.9 Å². The number of likely N-dealkylation sites (N-methyl/N-ethyl adjacent to an activating group) is 1. The van der Waals surface area contributed by atoms with Gasteiger partial charge in [-0.25, -0.2) is 0 Å². The van der Waals surface area contributed by atoms with Gasteiger partial charge in [-0.1, -0.05) is 18.2 Å². The Hall–Kier alpha value is -1.74. The van der Waals surface area contributed by atoms with Crippen LogP contribution in [0.1, 0.15) is 10.4 Å². The van der Waals surface area contributed by atoms with Crippen molar-refractivity contribution in [3.63, 3.8) is 0 Å². The number of benzene rings is 1. The molecule has 3 nitrogen and oxygen atoms in total. The number of ketones is 1. The summed E-state index contributed by atoms with van der Waals surface area (Å²) in [4.78, 5) is 15.8. The summed E-state index contributed by atoms with van der Waals surface area (Å²) in [5.74, 6) is 0.0880. The van der Waals surface area contributed by atoms with Crippen molar-refractivity contribution in [2.45, 2.75) is 0 Å². The number of hydrogen-bond donors (Lipinski definition) is 1. The van der Waals surface area contributed by atoms with E-state index in [2.05, 4.69) is 10.3 Å². The Kier molecular flexibility index (Phi) is 2.74. The molecule has 1 heterocycles. The van der Waals surface area contributed by atoms with Gasteiger partial charge in [0.05, 0.1) is 12.1 Å². The number of carbonyl (C=O) groups is 1. The normalized spacial score (nSPS) is 10.5. The first-order valence-corrected chi connectivity index (χ1v) is 4.84. The highest BCUT2D eigenvalue weighted by molar-refractivity contribution is 6.00. The third-order valence-corrected chi connectivity index (χ3v) is 2.27. The number of aromatic nitrogens is 1. The van der Waals surface area contributed by atoms with E-state index in [1.54, 1.807) is 13.2 Å². The molecule has 2 rings (SSSR count). The number of hydrogen-bond acceptors (Lipinski definition) is 3. The van der Waals surface area contributed by atoms with E-state index >= 15 is 0 Å². The predicted octanol–water partition coefficient (Wildman–Crippen LogP) is 1.64. The lowest BCUT2D eigenvalue weighted by molar-refractivity contribution is 0.0993. The van der Waals surface area contributed by atoms with Gasteiger partial charge >= 0.3 is 0 Å². The van der Waals surface area contributed by atoms with E-state index in [0.29, 0.717) is 12.1 Å². The molecule has 3 heteroatoms. The summed E-state index contributed by atoms with van der Waals surface area (Å²) in [5, 5.41) is 3.90. The fourth-order valence-electron chi connectivity index (χ4n) is 1.50. The van der Waals surface area contributed by atoms with Crippen molar-refractivity contribution in [2.75, 3.05) is 13.6 Å². The first-order valence-electron chi connectivity index (χ1n) is 4.84. The maximum absolute atomic E-state index is 11.6. The molecule has 76 valence electrons. The van der Waals surface area contributed by atoms with Crippen LogP contribution in [0.5, 0.6) is 0 Å². The Labute approximate surface area is 88.1 Å². The highest BCUT2D eigenvalue weighted by Crippen LogP contribution is 2.13. The minimum absolute atomic E-state index is 0.0880. The van der Waals surface area contributed by atoms with E-state index in [4.69, 9.17) is 0 Å². The summed E-state index contributed by atoms with van der Waals surface area (Å²) >= 11 is 0. The number of nitrogens with one attached hydrogen (secondary N) is 1. The molecule has 0 spiro atoms. The molecule has 0 radical (unpaired) electrons. The smallest absolute Gasteiger partial charge is 0.176 e. The summed E-state index contributed by atoms with van der Waals surface area (Å²) in [6, 6.07) is 9.45. The molecule has 0 saturated carbocycles. The lowest BCUT2D eigenvalue weighted by Crippen LogP contribution is -2.18. The van der Waals surface area contributed by atoms with Crippen LogP contribution in [0.2, 0.25) is 0 Å². The van der Waals surface area contributed by atoms with Crippen LogP contribution in [0.4, 0.5) is 0 Å². The van der Waals surface area contributed by atoms with Gasteiger partial charge in [-0.15, -0.1) is 0 Å². The van der Waals surface area contributed by atoms with Gasteiger partial charge in [0.25, 0.3) is 0 Å². The lowest BCUT2D eigenvalue weighted by Gasteiger charge is -2.01. The number of Topliss-reactive ketones (excluding diaryl/α,β-unsaturated/α-hetero) is 1. The fourth-order valence-corrected chi connectivity index (χ4v) is 1.50. The van der Waals surface area contributed by atoms with E-state index in [1.807, 2.05) is 30.3 Å². The molecule has 1 N–H and O–H groups in total. The van der Waals surface area contributed by atoms with E-state index in [1.165, 1.54) is 0 Å². The first-order chi connectivity index (χ1) is 7.31. The number of fused-ring (bicyclic) bond motifs is 1. The number of carbonyl (C=O) groups excluding carboxylic acids is 1. The first kappa shape index (κ1) is 9.80. The van der Waals surface area contributed by atoms with E-state index in [-0.39, 0.29) is 5.78 Å². The van der Waals surface area contributed by atoms with Crippen LogP contribution >= 0.6 is 0 Å². The average Bonchev–Trinajstić information content (AvgIpc) is 2.29. The standard InChI is InChI=1S/C12H12N2O/c1-13-8-12(15)10-5-4-9-3-2-6-14-11(9)7-10/h2-7,13H,8H2,1H3. The fraction of sp³-hybridized carbons (Fsp3) is 0.167. The number of pyridine rings is 1. The molecule has 15 heavy (non-hydrogen) atoms. The van der Waals surface area contributed by atoms with Gasteiger partial charge in [-0.05, 0) is 19.2 Å². The van der Waals surface area contributed by atoms with Crippen molar-refractivity contribution >= 4 is 16.7 Å². The lowest BCUT2D eigenvalue weighted by atomic mass is 10.1. The molecule has 0 unspecified atom stereocenters. The second-order valence-electron chi connectivity index (χ2n) is 3.36. The molecule has 1 aromatic heterocycles. The molecule has 0 aliphatic rings. The highest BCUT2D eigenvalue weighted by atomic mass is 16.1. The Bertz CT molecular complexity index is 494. The maximum atomic E-state index is 11.6. The van der Waals surface area contributed by atoms with Crippen LogP contribution < -0.4 is 5.32 Å². The van der Waals surface area contributed by atoms with Crippen LogP contribution in [-0.2, 0) is 0 Å². The van der Waals surface area contributed by atoms with Crippen molar-refractivity contribution in [2.24, 2.45) is 0 Å². The largest absolute Gasteiger partial charge is 0.313 e. The summed E-state index contributed by atoms with van der Waals surface area (Å²) in [6.45, 7) is 0.359. The molecule has 1 aromatic carbocycles. The summed E-state index contributed by atoms with van der Waals surface area (Å²) in [5.41, 5.74) is 1.56. The molecule has 0 saturated heterocycles. The van der Waals surface area contributed by atoms with Crippen LogP contribution in [0.3, 0.4) is 0 Å². The van der Waals surface area contributed by atoms with Crippen molar-refractivity contribution in [3.8, 4) is 0 Å². The Morgan fingerprint density at radius 1 is 1.40 bits per heavy atom. The third-order valence-electron chi connectivity index (χ3n) is 2.27. The van der Waals surface area contributed by atoms with Gasteiger partial charge in [0.2, 0.25) is 0 Å². The summed E-state index contributed by atoms with van der Waals surface area (Å²) in [6.07, 6.45) is 1.73. The van der Waals surface area contributed by atoms with Gasteiger partial charge in [-0.3, -0.25) is 9.78 Å². The van der Waals surface area contributed by atoms with E-state index in [9.17, 15) is 4.79 Å². The quantitative estimate of drug-likeness (QED) is 0.766. The summed E-state index contributed by atoms with van der Waals surface area (Å²) in [7, 11) is 1.76. The molecule has 0 atom stereocenters. The Morgan fingerprint density at radius 2 is 2.27 bits per heavy atom. The Morgan fingerprint density at radius 3 is 3.07 bits per heavy atom. The molecule has 0 fully saturated rings. The van der Waals surface area contributed by atoms with Crippen molar-refractivity contribution in [3.05, 3.63) is 42.1 Å². The zero-order valence-corrected chi connectivity index (χ0v) is 8.53. The highest BCUT2D eigenvalue weighted by Gasteiger charge is 2.05. The van der Waals surface area contributed by atoms with Crippen molar-refractivity contribution in [1.29, 1.82) is 0 Å². The van der Waals surface area contributed by atoms with Crippen LogP contribution in [0.15, 0.2) is 36.5 Å². The molecular formula is C12H12N2O. The Balaban J connectivity index is 2.42. The van der Waals surface area contributed by atoms with Gasteiger partial charge < -0.3 is 5.32 Å². The minimum Gasteiger partial charge on any atom is -0.313 e. The number of nitrogens with zero attached hydrogens (tertiary/aromatic N) is 1. The molecule has 2 aromatic rings. The monoisotopic (exact) mass is 200 g/mol. The topological polar surface area (TPSA) is 42.0 Å². The van der Waals surface area contributed by atoms with Crippen LogP contribution in [0, 0.1) is 0 Å². The molecule has 0 aliphatic heterocycles. The zero-order valence-electron chi connectivity index (χ0n) is 8.53. The van der Waals surface area contributed by atoms with E-state index in [0.717, 1.165) is 10.9 Å².